The number of benzene rings is 2. The predicted molar refractivity (Wildman–Crippen MR) is 123 cm³/mol. The molecular weight excluding hydrogens is 422 g/mol. The molecule has 0 aliphatic carbocycles. The second-order valence-electron chi connectivity index (χ2n) is 7.82. The molecule has 8 nitrogen and oxygen atoms in total. The van der Waals surface area contributed by atoms with Crippen LogP contribution in [-0.4, -0.2) is 60.2 Å². The van der Waals surface area contributed by atoms with Gasteiger partial charge in [0.25, 0.3) is 11.8 Å². The minimum absolute atomic E-state index is 0.108. The summed E-state index contributed by atoms with van der Waals surface area (Å²) in [5, 5.41) is 2.63. The highest BCUT2D eigenvalue weighted by molar-refractivity contribution is 6.21. The van der Waals surface area contributed by atoms with Crippen molar-refractivity contribution in [2.45, 2.75) is 38.8 Å². The highest BCUT2D eigenvalue weighted by atomic mass is 16.5. The lowest BCUT2D eigenvalue weighted by Crippen LogP contribution is -2.48. The zero-order chi connectivity index (χ0) is 24.0. The molecule has 0 saturated heterocycles. The monoisotopic (exact) mass is 451 g/mol. The maximum absolute atomic E-state index is 13.2. The van der Waals surface area contributed by atoms with Crippen molar-refractivity contribution in [1.29, 1.82) is 0 Å². The van der Waals surface area contributed by atoms with Gasteiger partial charge >= 0.3 is 0 Å². The Kier molecular flexibility index (Phi) is 7.82. The number of carbonyl (C=O) groups excluding carboxylic acids is 4. The molecule has 2 aromatic rings. The quantitative estimate of drug-likeness (QED) is 0.560. The van der Waals surface area contributed by atoms with Gasteiger partial charge in [-0.3, -0.25) is 24.1 Å². The topological polar surface area (TPSA) is 96.0 Å². The molecule has 33 heavy (non-hydrogen) atoms. The van der Waals surface area contributed by atoms with Crippen molar-refractivity contribution in [2.24, 2.45) is 0 Å². The lowest BCUT2D eigenvalue weighted by atomic mass is 10.1. The van der Waals surface area contributed by atoms with E-state index in [1.54, 1.807) is 55.5 Å². The number of ether oxygens (including phenoxy) is 1. The Morgan fingerprint density at radius 1 is 1.03 bits per heavy atom. The van der Waals surface area contributed by atoms with Gasteiger partial charge in [-0.2, -0.15) is 0 Å². The summed E-state index contributed by atoms with van der Waals surface area (Å²) in [4.78, 5) is 53.5. The van der Waals surface area contributed by atoms with E-state index in [0.717, 1.165) is 5.56 Å². The summed E-state index contributed by atoms with van der Waals surface area (Å²) in [6, 6.07) is 13.4. The fraction of sp³-hybridized carbons (Fsp3) is 0.360. The van der Waals surface area contributed by atoms with Crippen LogP contribution >= 0.6 is 0 Å². The van der Waals surface area contributed by atoms with Gasteiger partial charge in [-0.25, -0.2) is 0 Å². The average Bonchev–Trinajstić information content (AvgIpc) is 3.09. The summed E-state index contributed by atoms with van der Waals surface area (Å²) in [6.45, 7) is 2.26. The van der Waals surface area contributed by atoms with Gasteiger partial charge in [0.05, 0.1) is 18.2 Å². The maximum Gasteiger partial charge on any atom is 0.261 e. The third kappa shape index (κ3) is 5.22. The van der Waals surface area contributed by atoms with Crippen LogP contribution in [0, 0.1) is 0 Å². The minimum Gasteiger partial charge on any atom is -0.497 e. The van der Waals surface area contributed by atoms with E-state index in [9.17, 15) is 19.2 Å². The number of rotatable bonds is 10. The van der Waals surface area contributed by atoms with Crippen molar-refractivity contribution in [3.05, 3.63) is 65.2 Å². The van der Waals surface area contributed by atoms with Crippen LogP contribution in [0.5, 0.6) is 5.75 Å². The van der Waals surface area contributed by atoms with Crippen LogP contribution in [0.3, 0.4) is 0 Å². The van der Waals surface area contributed by atoms with E-state index in [1.165, 1.54) is 4.90 Å². The van der Waals surface area contributed by atoms with Crippen molar-refractivity contribution in [3.63, 3.8) is 0 Å². The van der Waals surface area contributed by atoms with Gasteiger partial charge in [0.1, 0.15) is 11.8 Å². The van der Waals surface area contributed by atoms with E-state index in [1.807, 2.05) is 19.1 Å². The number of imide groups is 1. The van der Waals surface area contributed by atoms with E-state index in [0.29, 0.717) is 29.7 Å². The molecule has 1 aliphatic heterocycles. The molecule has 0 unspecified atom stereocenters. The summed E-state index contributed by atoms with van der Waals surface area (Å²) in [5.74, 6) is -0.418. The number of hydrogen-bond donors (Lipinski definition) is 1. The molecule has 0 spiro atoms. The summed E-state index contributed by atoms with van der Waals surface area (Å²) in [5.41, 5.74) is 1.65. The lowest BCUT2D eigenvalue weighted by Gasteiger charge is -2.30. The number of likely N-dealkylation sites (N-methyl/N-ethyl adjacent to an activating group) is 1. The Morgan fingerprint density at radius 3 is 2.15 bits per heavy atom. The van der Waals surface area contributed by atoms with E-state index in [2.05, 4.69) is 5.32 Å². The molecule has 0 aromatic heterocycles. The van der Waals surface area contributed by atoms with Gasteiger partial charge in [0, 0.05) is 26.6 Å². The number of carbonyl (C=O) groups is 4. The third-order valence-corrected chi connectivity index (χ3v) is 5.79. The van der Waals surface area contributed by atoms with Gasteiger partial charge in [0.2, 0.25) is 11.8 Å². The Balaban J connectivity index is 1.68. The number of hydrogen-bond acceptors (Lipinski definition) is 5. The molecule has 1 N–H and O–H groups in total. The van der Waals surface area contributed by atoms with Crippen molar-refractivity contribution >= 4 is 23.6 Å². The van der Waals surface area contributed by atoms with Crippen LogP contribution < -0.4 is 10.1 Å². The van der Waals surface area contributed by atoms with Crippen LogP contribution in [0.15, 0.2) is 48.5 Å². The molecule has 1 aliphatic rings. The number of fused-ring (bicyclic) bond motifs is 1. The molecule has 8 heteroatoms. The van der Waals surface area contributed by atoms with E-state index in [-0.39, 0.29) is 43.1 Å². The number of amides is 4. The normalized spacial score (nSPS) is 13.5. The molecule has 1 heterocycles. The zero-order valence-electron chi connectivity index (χ0n) is 19.2. The van der Waals surface area contributed by atoms with Crippen molar-refractivity contribution in [3.8, 4) is 5.75 Å². The van der Waals surface area contributed by atoms with Crippen LogP contribution in [0.25, 0.3) is 0 Å². The fourth-order valence-electron chi connectivity index (χ4n) is 3.99. The fourth-order valence-corrected chi connectivity index (χ4v) is 3.99. The zero-order valence-corrected chi connectivity index (χ0v) is 19.2. The molecule has 3 rings (SSSR count). The summed E-state index contributed by atoms with van der Waals surface area (Å²) in [7, 11) is 3.13. The standard InChI is InChI=1S/C25H29N3O5/c1-4-21(23(30)26-2)28(16-17-11-13-18(33-3)14-12-17)22(29)10-7-15-27-24(31)19-8-5-6-9-20(19)25(27)32/h5-6,8-9,11-14,21H,4,7,10,15-16H2,1-3H3,(H,26,30)/t21-/m0/s1. The van der Waals surface area contributed by atoms with E-state index in [4.69, 9.17) is 4.74 Å². The molecule has 1 atom stereocenters. The highest BCUT2D eigenvalue weighted by Crippen LogP contribution is 2.23. The highest BCUT2D eigenvalue weighted by Gasteiger charge is 2.35. The molecule has 174 valence electrons. The third-order valence-electron chi connectivity index (χ3n) is 5.79. The first-order valence-corrected chi connectivity index (χ1v) is 11.0. The molecule has 4 amide bonds. The van der Waals surface area contributed by atoms with Crippen molar-refractivity contribution in [2.75, 3.05) is 20.7 Å². The van der Waals surface area contributed by atoms with E-state index >= 15 is 0 Å². The van der Waals surface area contributed by atoms with Gasteiger partial charge in [0.15, 0.2) is 0 Å². The molecule has 0 saturated carbocycles. The SMILES string of the molecule is CC[C@@H](C(=O)NC)N(Cc1ccc(OC)cc1)C(=O)CCCN1C(=O)c2ccccc2C1=O. The first-order chi connectivity index (χ1) is 15.9. The average molecular weight is 452 g/mol. The lowest BCUT2D eigenvalue weighted by molar-refractivity contribution is -0.141. The van der Waals surface area contributed by atoms with Crippen molar-refractivity contribution < 1.29 is 23.9 Å². The molecule has 2 aromatic carbocycles. The molecule has 0 radical (unpaired) electrons. The maximum atomic E-state index is 13.2. The summed E-state index contributed by atoms with van der Waals surface area (Å²) in [6.07, 6.45) is 0.880. The van der Waals surface area contributed by atoms with Crippen LogP contribution in [0.4, 0.5) is 0 Å². The Morgan fingerprint density at radius 2 is 1.64 bits per heavy atom. The van der Waals surface area contributed by atoms with Crippen molar-refractivity contribution in [1.82, 2.24) is 15.1 Å². The Hall–Kier alpha value is -3.68. The first-order valence-electron chi connectivity index (χ1n) is 11.0. The molecule has 0 bridgehead atoms. The Labute approximate surface area is 193 Å². The first kappa shape index (κ1) is 24.0. The van der Waals surface area contributed by atoms with Gasteiger partial charge < -0.3 is 15.0 Å². The summed E-state index contributed by atoms with van der Waals surface area (Å²) >= 11 is 0. The second-order valence-corrected chi connectivity index (χ2v) is 7.82. The van der Waals surface area contributed by atoms with Gasteiger partial charge in [-0.15, -0.1) is 0 Å². The van der Waals surface area contributed by atoms with Crippen LogP contribution in [0.1, 0.15) is 52.5 Å². The minimum atomic E-state index is -0.621. The van der Waals surface area contributed by atoms with Crippen LogP contribution in [-0.2, 0) is 16.1 Å². The number of nitrogens with one attached hydrogen (secondary N) is 1. The summed E-state index contributed by atoms with van der Waals surface area (Å²) < 4.78 is 5.18. The van der Waals surface area contributed by atoms with E-state index < -0.39 is 6.04 Å². The number of methoxy groups -OCH3 is 1. The molecule has 0 fully saturated rings. The van der Waals surface area contributed by atoms with Gasteiger partial charge in [-0.1, -0.05) is 31.2 Å². The number of nitrogens with zero attached hydrogens (tertiary/aromatic N) is 2. The van der Waals surface area contributed by atoms with Gasteiger partial charge in [-0.05, 0) is 42.7 Å². The Bertz CT molecular complexity index is 1000. The van der Waals surface area contributed by atoms with Crippen LogP contribution in [0.2, 0.25) is 0 Å². The smallest absolute Gasteiger partial charge is 0.261 e. The predicted octanol–water partition coefficient (Wildman–Crippen LogP) is 2.62. The molecular formula is C25H29N3O5. The largest absolute Gasteiger partial charge is 0.497 e. The second kappa shape index (κ2) is 10.8.